The summed E-state index contributed by atoms with van der Waals surface area (Å²) < 4.78 is 11.3. The minimum atomic E-state index is -0.884. The van der Waals surface area contributed by atoms with Crippen molar-refractivity contribution in [2.75, 3.05) is 6.61 Å². The number of benzene rings is 1. The molecule has 0 radical (unpaired) electrons. The molecule has 0 saturated heterocycles. The van der Waals surface area contributed by atoms with Gasteiger partial charge in [-0.15, -0.1) is 0 Å². The fourth-order valence-electron chi connectivity index (χ4n) is 1.90. The summed E-state index contributed by atoms with van der Waals surface area (Å²) in [5, 5.41) is 0.218. The van der Waals surface area contributed by atoms with Crippen LogP contribution in [0.25, 0.3) is 10.9 Å². The lowest BCUT2D eigenvalue weighted by atomic mass is 10.2. The molecule has 0 N–H and O–H groups in total. The smallest absolute Gasteiger partial charge is 0.423 e. The highest BCUT2D eigenvalue weighted by molar-refractivity contribution is 9.10. The summed E-state index contributed by atoms with van der Waals surface area (Å²) in [6.07, 6.45) is 0. The monoisotopic (exact) mass is 341 g/mol. The summed E-state index contributed by atoms with van der Waals surface area (Å²) in [7, 11) is 0. The van der Waals surface area contributed by atoms with E-state index < -0.39 is 23.4 Å². The molecular weight excluding hydrogens is 330 g/mol. The summed E-state index contributed by atoms with van der Waals surface area (Å²) in [5.74, 6) is -1.45. The largest absolute Gasteiger partial charge is 0.464 e. The standard InChI is InChI=1S/C13H12BrNO5/c1-3-19-11(16)7(2)15-10-5-4-8(14)6-9(10)12(17)20-13(15)18/h4-7H,3H2,1-2H3. The van der Waals surface area contributed by atoms with Crippen LogP contribution in [0, 0.1) is 0 Å². The Morgan fingerprint density at radius 2 is 2.15 bits per heavy atom. The van der Waals surface area contributed by atoms with Gasteiger partial charge in [0.15, 0.2) is 0 Å². The highest BCUT2D eigenvalue weighted by Gasteiger charge is 2.21. The fourth-order valence-corrected chi connectivity index (χ4v) is 2.26. The van der Waals surface area contributed by atoms with E-state index in [9.17, 15) is 14.4 Å². The van der Waals surface area contributed by atoms with E-state index >= 15 is 0 Å². The number of rotatable bonds is 3. The Hall–Kier alpha value is -1.89. The van der Waals surface area contributed by atoms with Crippen molar-refractivity contribution in [3.05, 3.63) is 43.6 Å². The van der Waals surface area contributed by atoms with Gasteiger partial charge >= 0.3 is 17.4 Å². The molecule has 2 rings (SSSR count). The lowest BCUT2D eigenvalue weighted by molar-refractivity contribution is -0.146. The number of fused-ring (bicyclic) bond motifs is 1. The van der Waals surface area contributed by atoms with Crippen LogP contribution in [0.5, 0.6) is 0 Å². The molecular formula is C13H12BrNO5. The minimum absolute atomic E-state index is 0.207. The summed E-state index contributed by atoms with van der Waals surface area (Å²) in [6.45, 7) is 3.40. The van der Waals surface area contributed by atoms with Crippen molar-refractivity contribution in [2.24, 2.45) is 0 Å². The van der Waals surface area contributed by atoms with Gasteiger partial charge in [-0.1, -0.05) is 15.9 Å². The lowest BCUT2D eigenvalue weighted by Crippen LogP contribution is -2.32. The van der Waals surface area contributed by atoms with Gasteiger partial charge in [0.25, 0.3) is 0 Å². The highest BCUT2D eigenvalue weighted by atomic mass is 79.9. The molecule has 1 heterocycles. The van der Waals surface area contributed by atoms with Crippen LogP contribution in [0.3, 0.4) is 0 Å². The van der Waals surface area contributed by atoms with Gasteiger partial charge in [0.1, 0.15) is 6.04 Å². The van der Waals surface area contributed by atoms with Gasteiger partial charge in [0.05, 0.1) is 17.5 Å². The predicted molar refractivity (Wildman–Crippen MR) is 75.8 cm³/mol. The number of halogens is 1. The molecule has 0 amide bonds. The molecule has 106 valence electrons. The fraction of sp³-hybridized carbons (Fsp3) is 0.308. The number of aromatic nitrogens is 1. The number of carbonyl (C=O) groups excluding carboxylic acids is 1. The Balaban J connectivity index is 2.73. The Labute approximate surface area is 122 Å². The molecule has 20 heavy (non-hydrogen) atoms. The normalized spacial score (nSPS) is 12.3. The van der Waals surface area contributed by atoms with Crippen molar-refractivity contribution in [1.29, 1.82) is 0 Å². The maximum Gasteiger partial charge on any atom is 0.423 e. The van der Waals surface area contributed by atoms with E-state index in [1.165, 1.54) is 13.0 Å². The van der Waals surface area contributed by atoms with Gasteiger partial charge in [0, 0.05) is 4.47 Å². The Morgan fingerprint density at radius 3 is 2.80 bits per heavy atom. The van der Waals surface area contributed by atoms with Gasteiger partial charge in [-0.3, -0.25) is 4.57 Å². The Kier molecular flexibility index (Phi) is 4.08. The van der Waals surface area contributed by atoms with Crippen LogP contribution in [-0.4, -0.2) is 17.1 Å². The van der Waals surface area contributed by atoms with E-state index in [0.717, 1.165) is 4.57 Å². The van der Waals surface area contributed by atoms with E-state index in [0.29, 0.717) is 9.99 Å². The third-order valence-corrected chi connectivity index (χ3v) is 3.32. The average Bonchev–Trinajstić information content (AvgIpc) is 2.39. The second-order valence-electron chi connectivity index (χ2n) is 4.11. The molecule has 1 aromatic heterocycles. The van der Waals surface area contributed by atoms with Crippen LogP contribution < -0.4 is 11.4 Å². The maximum absolute atomic E-state index is 11.9. The lowest BCUT2D eigenvalue weighted by Gasteiger charge is -2.15. The van der Waals surface area contributed by atoms with Gasteiger partial charge in [-0.25, -0.2) is 14.4 Å². The highest BCUT2D eigenvalue weighted by Crippen LogP contribution is 2.19. The number of ether oxygens (including phenoxy) is 1. The van der Waals surface area contributed by atoms with Crippen LogP contribution in [0.4, 0.5) is 0 Å². The number of hydrogen-bond donors (Lipinski definition) is 0. The molecule has 0 aliphatic rings. The maximum atomic E-state index is 11.9. The molecule has 6 nitrogen and oxygen atoms in total. The SMILES string of the molecule is CCOC(=O)C(C)n1c(=O)oc(=O)c2cc(Br)ccc21. The van der Waals surface area contributed by atoms with Crippen molar-refractivity contribution in [2.45, 2.75) is 19.9 Å². The third kappa shape index (κ3) is 2.53. The van der Waals surface area contributed by atoms with Crippen LogP contribution in [0.1, 0.15) is 19.9 Å². The van der Waals surface area contributed by atoms with E-state index in [4.69, 9.17) is 4.74 Å². The van der Waals surface area contributed by atoms with Gasteiger partial charge in [-0.05, 0) is 32.0 Å². The first-order valence-electron chi connectivity index (χ1n) is 5.97. The first-order chi connectivity index (χ1) is 9.45. The summed E-state index contributed by atoms with van der Waals surface area (Å²) in [6, 6.07) is 3.91. The van der Waals surface area contributed by atoms with E-state index in [1.807, 2.05) is 0 Å². The van der Waals surface area contributed by atoms with Gasteiger partial charge in [-0.2, -0.15) is 0 Å². The molecule has 1 aromatic carbocycles. The van der Waals surface area contributed by atoms with Gasteiger partial charge in [0.2, 0.25) is 0 Å². The van der Waals surface area contributed by atoms with E-state index in [1.54, 1.807) is 19.1 Å². The predicted octanol–water partition coefficient (Wildman–Crippen LogP) is 1.84. The zero-order valence-electron chi connectivity index (χ0n) is 10.9. The average molecular weight is 342 g/mol. The third-order valence-electron chi connectivity index (χ3n) is 2.83. The summed E-state index contributed by atoms with van der Waals surface area (Å²) in [5.41, 5.74) is -0.409. The quantitative estimate of drug-likeness (QED) is 0.796. The number of nitrogens with zero attached hydrogens (tertiary/aromatic N) is 1. The van der Waals surface area contributed by atoms with Crippen molar-refractivity contribution in [1.82, 2.24) is 4.57 Å². The Morgan fingerprint density at radius 1 is 1.45 bits per heavy atom. The van der Waals surface area contributed by atoms with Crippen LogP contribution in [-0.2, 0) is 9.53 Å². The molecule has 0 bridgehead atoms. The molecule has 2 aromatic rings. The zero-order valence-corrected chi connectivity index (χ0v) is 12.5. The summed E-state index contributed by atoms with van der Waals surface area (Å²) >= 11 is 3.24. The summed E-state index contributed by atoms with van der Waals surface area (Å²) in [4.78, 5) is 35.4. The molecule has 1 atom stereocenters. The topological polar surface area (TPSA) is 78.5 Å². The second kappa shape index (κ2) is 5.62. The first-order valence-corrected chi connectivity index (χ1v) is 6.76. The van der Waals surface area contributed by atoms with Crippen molar-refractivity contribution in [3.63, 3.8) is 0 Å². The second-order valence-corrected chi connectivity index (χ2v) is 5.03. The van der Waals surface area contributed by atoms with Crippen molar-refractivity contribution >= 4 is 32.8 Å². The zero-order chi connectivity index (χ0) is 14.9. The van der Waals surface area contributed by atoms with Crippen molar-refractivity contribution < 1.29 is 13.9 Å². The molecule has 0 fully saturated rings. The van der Waals surface area contributed by atoms with Crippen LogP contribution in [0.2, 0.25) is 0 Å². The number of esters is 1. The van der Waals surface area contributed by atoms with Crippen LogP contribution >= 0.6 is 15.9 Å². The minimum Gasteiger partial charge on any atom is -0.464 e. The molecule has 0 spiro atoms. The number of hydrogen-bond acceptors (Lipinski definition) is 5. The molecule has 1 unspecified atom stereocenters. The van der Waals surface area contributed by atoms with Gasteiger partial charge < -0.3 is 9.15 Å². The first kappa shape index (κ1) is 14.5. The Bertz CT molecular complexity index is 776. The molecule has 0 saturated carbocycles. The van der Waals surface area contributed by atoms with Crippen molar-refractivity contribution in [3.8, 4) is 0 Å². The molecule has 7 heteroatoms. The molecule has 0 aliphatic heterocycles. The molecule has 0 aliphatic carbocycles. The van der Waals surface area contributed by atoms with Crippen LogP contribution in [0.15, 0.2) is 36.7 Å². The number of carbonyl (C=O) groups is 1. The van der Waals surface area contributed by atoms with E-state index in [2.05, 4.69) is 20.3 Å². The van der Waals surface area contributed by atoms with E-state index in [-0.39, 0.29) is 12.0 Å².